The summed E-state index contributed by atoms with van der Waals surface area (Å²) in [6.45, 7) is 0. The zero-order valence-corrected chi connectivity index (χ0v) is 9.07. The predicted octanol–water partition coefficient (Wildman–Crippen LogP) is 2.50. The van der Waals surface area contributed by atoms with E-state index < -0.39 is 5.91 Å². The first kappa shape index (κ1) is 10.7. The Balaban J connectivity index is 2.60. The predicted molar refractivity (Wildman–Crippen MR) is 61.5 cm³/mol. The van der Waals surface area contributed by atoms with E-state index in [9.17, 15) is 4.79 Å². The van der Waals surface area contributed by atoms with Crippen molar-refractivity contribution in [2.75, 3.05) is 0 Å². The highest BCUT2D eigenvalue weighted by atomic mass is 79.9. The van der Waals surface area contributed by atoms with Crippen LogP contribution in [0.25, 0.3) is 6.08 Å². The van der Waals surface area contributed by atoms with Crippen LogP contribution in [0.15, 0.2) is 47.0 Å². The van der Waals surface area contributed by atoms with Gasteiger partial charge in [0, 0.05) is 10.5 Å². The molecule has 0 unspecified atom stereocenters. The average Bonchev–Trinajstić information content (AvgIpc) is 2.15. The van der Waals surface area contributed by atoms with Gasteiger partial charge in [-0.15, -0.1) is 0 Å². The fourth-order valence-electron chi connectivity index (χ4n) is 0.891. The van der Waals surface area contributed by atoms with Gasteiger partial charge in [0.25, 0.3) is 0 Å². The number of carbonyl (C=O) groups excluding carboxylic acids is 1. The van der Waals surface area contributed by atoms with E-state index in [1.54, 1.807) is 12.2 Å². The first-order valence-electron chi connectivity index (χ1n) is 4.08. The van der Waals surface area contributed by atoms with Crippen molar-refractivity contribution in [3.8, 4) is 0 Å². The van der Waals surface area contributed by atoms with Crippen molar-refractivity contribution in [1.29, 1.82) is 0 Å². The minimum atomic E-state index is -0.439. The molecule has 2 N–H and O–H groups in total. The number of primary amides is 1. The van der Waals surface area contributed by atoms with Gasteiger partial charge in [0.05, 0.1) is 0 Å². The second kappa shape index (κ2) is 5.40. The van der Waals surface area contributed by atoms with E-state index in [0.717, 1.165) is 10.0 Å². The van der Waals surface area contributed by atoms with Crippen molar-refractivity contribution in [2.45, 2.75) is 0 Å². The molecule has 1 amide bonds. The van der Waals surface area contributed by atoms with Crippen LogP contribution >= 0.6 is 15.9 Å². The van der Waals surface area contributed by atoms with Crippen LogP contribution in [0, 0.1) is 0 Å². The highest BCUT2D eigenvalue weighted by molar-refractivity contribution is 9.10. The largest absolute Gasteiger partial charge is 0.366 e. The zero-order chi connectivity index (χ0) is 10.4. The molecule has 2 nitrogen and oxygen atoms in total. The Morgan fingerprint density at radius 2 is 1.86 bits per heavy atom. The van der Waals surface area contributed by atoms with Crippen LogP contribution in [0.3, 0.4) is 0 Å². The molecule has 0 aliphatic heterocycles. The lowest BCUT2D eigenvalue weighted by atomic mass is 10.2. The summed E-state index contributed by atoms with van der Waals surface area (Å²) in [6.07, 6.45) is 6.60. The summed E-state index contributed by atoms with van der Waals surface area (Å²) in [6, 6.07) is 7.85. The lowest BCUT2D eigenvalue weighted by Gasteiger charge is -1.91. The van der Waals surface area contributed by atoms with Gasteiger partial charge in [0.15, 0.2) is 0 Å². The molecule has 0 fully saturated rings. The maximum atomic E-state index is 10.4. The molecule has 1 aromatic carbocycles. The third-order valence-electron chi connectivity index (χ3n) is 1.53. The molecule has 0 aliphatic rings. The smallest absolute Gasteiger partial charge is 0.241 e. The molecule has 0 radical (unpaired) electrons. The molecule has 0 saturated heterocycles. The highest BCUT2D eigenvalue weighted by Gasteiger charge is 1.85. The van der Waals surface area contributed by atoms with Gasteiger partial charge in [0.1, 0.15) is 0 Å². The SMILES string of the molecule is NC(=O)/C=C\C=C\c1ccc(Br)cc1. The molecular weight excluding hydrogens is 242 g/mol. The number of amides is 1. The highest BCUT2D eigenvalue weighted by Crippen LogP contribution is 2.11. The molecule has 72 valence electrons. The Kier molecular flexibility index (Phi) is 4.13. The summed E-state index contributed by atoms with van der Waals surface area (Å²) >= 11 is 3.35. The zero-order valence-electron chi connectivity index (χ0n) is 7.48. The molecule has 1 aromatic rings. The van der Waals surface area contributed by atoms with Gasteiger partial charge in [-0.2, -0.15) is 0 Å². The number of allylic oxidation sites excluding steroid dienone is 2. The normalized spacial score (nSPS) is 11.2. The molecule has 14 heavy (non-hydrogen) atoms. The van der Waals surface area contributed by atoms with Crippen molar-refractivity contribution in [2.24, 2.45) is 5.73 Å². The molecule has 0 aromatic heterocycles. The van der Waals surface area contributed by atoms with Crippen LogP contribution < -0.4 is 5.73 Å². The maximum absolute atomic E-state index is 10.4. The number of carbonyl (C=O) groups is 1. The van der Waals surface area contributed by atoms with E-state index >= 15 is 0 Å². The van der Waals surface area contributed by atoms with Gasteiger partial charge >= 0.3 is 0 Å². The molecule has 0 heterocycles. The number of hydrogen-bond donors (Lipinski definition) is 1. The number of rotatable bonds is 3. The topological polar surface area (TPSA) is 43.1 Å². The van der Waals surface area contributed by atoms with Gasteiger partial charge in [-0.25, -0.2) is 0 Å². The fraction of sp³-hybridized carbons (Fsp3) is 0. The minimum absolute atomic E-state index is 0.439. The number of benzene rings is 1. The number of halogens is 1. The van der Waals surface area contributed by atoms with Gasteiger partial charge < -0.3 is 5.73 Å². The molecule has 1 rings (SSSR count). The molecule has 0 bridgehead atoms. The van der Waals surface area contributed by atoms with Crippen molar-refractivity contribution in [3.05, 3.63) is 52.5 Å². The third kappa shape index (κ3) is 4.05. The van der Waals surface area contributed by atoms with Crippen molar-refractivity contribution in [3.63, 3.8) is 0 Å². The van der Waals surface area contributed by atoms with E-state index in [-0.39, 0.29) is 0 Å². The third-order valence-corrected chi connectivity index (χ3v) is 2.06. The van der Waals surface area contributed by atoms with Crippen LogP contribution in [-0.2, 0) is 4.79 Å². The van der Waals surface area contributed by atoms with Crippen LogP contribution in [0.1, 0.15) is 5.56 Å². The lowest BCUT2D eigenvalue weighted by Crippen LogP contribution is -2.04. The Labute approximate surface area is 91.2 Å². The van der Waals surface area contributed by atoms with E-state index in [1.165, 1.54) is 6.08 Å². The van der Waals surface area contributed by atoms with E-state index in [2.05, 4.69) is 15.9 Å². The summed E-state index contributed by atoms with van der Waals surface area (Å²) < 4.78 is 1.04. The molecule has 0 spiro atoms. The quantitative estimate of drug-likeness (QED) is 0.651. The van der Waals surface area contributed by atoms with Crippen LogP contribution in [0.5, 0.6) is 0 Å². The fourth-order valence-corrected chi connectivity index (χ4v) is 1.16. The van der Waals surface area contributed by atoms with Gasteiger partial charge in [0.2, 0.25) is 5.91 Å². The summed E-state index contributed by atoms with van der Waals surface area (Å²) in [7, 11) is 0. The second-order valence-corrected chi connectivity index (χ2v) is 3.59. The molecule has 0 atom stereocenters. The Bertz CT molecular complexity index is 365. The Morgan fingerprint density at radius 1 is 1.21 bits per heavy atom. The van der Waals surface area contributed by atoms with E-state index in [0.29, 0.717) is 0 Å². The molecule has 0 saturated carbocycles. The molecular formula is C11H10BrNO. The van der Waals surface area contributed by atoms with E-state index in [1.807, 2.05) is 30.3 Å². The van der Waals surface area contributed by atoms with Gasteiger partial charge in [-0.3, -0.25) is 4.79 Å². The molecule has 3 heteroatoms. The van der Waals surface area contributed by atoms with Crippen LogP contribution in [-0.4, -0.2) is 5.91 Å². The van der Waals surface area contributed by atoms with Crippen LogP contribution in [0.2, 0.25) is 0 Å². The first-order valence-corrected chi connectivity index (χ1v) is 4.87. The maximum Gasteiger partial charge on any atom is 0.241 e. The second-order valence-electron chi connectivity index (χ2n) is 2.67. The van der Waals surface area contributed by atoms with E-state index in [4.69, 9.17) is 5.73 Å². The van der Waals surface area contributed by atoms with Crippen molar-refractivity contribution >= 4 is 27.9 Å². The number of nitrogens with two attached hydrogens (primary N) is 1. The van der Waals surface area contributed by atoms with Gasteiger partial charge in [-0.05, 0) is 17.7 Å². The average molecular weight is 252 g/mol. The Morgan fingerprint density at radius 3 is 2.43 bits per heavy atom. The van der Waals surface area contributed by atoms with Crippen LogP contribution in [0.4, 0.5) is 0 Å². The molecule has 0 aliphatic carbocycles. The summed E-state index contributed by atoms with van der Waals surface area (Å²) in [5.41, 5.74) is 6.00. The van der Waals surface area contributed by atoms with Crippen molar-refractivity contribution in [1.82, 2.24) is 0 Å². The lowest BCUT2D eigenvalue weighted by molar-refractivity contribution is -0.113. The standard InChI is InChI=1S/C11H10BrNO/c12-10-7-5-9(6-8-10)3-1-2-4-11(13)14/h1-8H,(H2,13,14)/b3-1+,4-2-. The van der Waals surface area contributed by atoms with Crippen molar-refractivity contribution < 1.29 is 4.79 Å². The number of hydrogen-bond acceptors (Lipinski definition) is 1. The monoisotopic (exact) mass is 251 g/mol. The summed E-state index contributed by atoms with van der Waals surface area (Å²) in [4.78, 5) is 10.4. The summed E-state index contributed by atoms with van der Waals surface area (Å²) in [5.74, 6) is -0.439. The minimum Gasteiger partial charge on any atom is -0.366 e. The first-order chi connectivity index (χ1) is 6.68. The summed E-state index contributed by atoms with van der Waals surface area (Å²) in [5, 5.41) is 0. The van der Waals surface area contributed by atoms with Gasteiger partial charge in [-0.1, -0.05) is 46.3 Å². The Hall–Kier alpha value is -1.35.